The van der Waals surface area contributed by atoms with E-state index in [4.69, 9.17) is 4.42 Å². The van der Waals surface area contributed by atoms with E-state index >= 15 is 0 Å². The maximum atomic E-state index is 11.3. The lowest BCUT2D eigenvalue weighted by molar-refractivity contribution is 0.553. The molecule has 1 heterocycles. The molecule has 0 bridgehead atoms. The molecule has 0 unspecified atom stereocenters. The fraction of sp³-hybridized carbons (Fsp3) is 0.100. The third-order valence-electron chi connectivity index (χ3n) is 1.96. The van der Waals surface area contributed by atoms with Gasteiger partial charge in [0.2, 0.25) is 0 Å². The molecule has 0 aliphatic heterocycles. The first-order valence-corrected chi connectivity index (χ1v) is 5.15. The Kier molecular flexibility index (Phi) is 2.56. The summed E-state index contributed by atoms with van der Waals surface area (Å²) in [4.78, 5) is 12.1. The Morgan fingerprint density at radius 3 is 2.79 bits per heavy atom. The van der Waals surface area contributed by atoms with Gasteiger partial charge in [-0.1, -0.05) is 6.07 Å². The molecule has 0 atom stereocenters. The summed E-state index contributed by atoms with van der Waals surface area (Å²) in [6, 6.07) is 7.24. The third kappa shape index (κ3) is 1.67. The van der Waals surface area contributed by atoms with E-state index in [9.17, 15) is 4.79 Å². The van der Waals surface area contributed by atoms with Crippen molar-refractivity contribution in [3.63, 3.8) is 0 Å². The van der Waals surface area contributed by atoms with Crippen molar-refractivity contribution in [1.82, 2.24) is 0 Å². The second-order valence-electron chi connectivity index (χ2n) is 2.94. The molecule has 2 nitrogen and oxygen atoms in total. The first-order chi connectivity index (χ1) is 6.70. The minimum atomic E-state index is -0.327. The van der Waals surface area contributed by atoms with Crippen molar-refractivity contribution in [3.05, 3.63) is 40.2 Å². The molecule has 0 saturated heterocycles. The lowest BCUT2D eigenvalue weighted by Gasteiger charge is -1.99. The summed E-state index contributed by atoms with van der Waals surface area (Å²) in [7, 11) is 0. The summed E-state index contributed by atoms with van der Waals surface area (Å²) in [5.41, 5.74) is 0.812. The van der Waals surface area contributed by atoms with Crippen molar-refractivity contribution in [2.75, 3.05) is 0 Å². The summed E-state index contributed by atoms with van der Waals surface area (Å²) in [5, 5.41) is 0.895. The van der Waals surface area contributed by atoms with Crippen molar-refractivity contribution in [2.24, 2.45) is 0 Å². The Balaban J connectivity index is 2.79. The molecule has 0 N–H and O–H groups in total. The molecule has 1 aromatic carbocycles. The van der Waals surface area contributed by atoms with Crippen LogP contribution >= 0.6 is 25.3 Å². The van der Waals surface area contributed by atoms with Gasteiger partial charge in [-0.05, 0) is 18.2 Å². The van der Waals surface area contributed by atoms with E-state index in [1.807, 2.05) is 12.1 Å². The zero-order chi connectivity index (χ0) is 10.1. The quantitative estimate of drug-likeness (QED) is 0.576. The van der Waals surface area contributed by atoms with Crippen molar-refractivity contribution in [1.29, 1.82) is 0 Å². The Labute approximate surface area is 91.8 Å². The fourth-order valence-electron chi connectivity index (χ4n) is 1.25. The summed E-state index contributed by atoms with van der Waals surface area (Å²) >= 11 is 8.22. The zero-order valence-corrected chi connectivity index (χ0v) is 9.02. The van der Waals surface area contributed by atoms with Crippen LogP contribution in [0.25, 0.3) is 11.0 Å². The van der Waals surface area contributed by atoms with Crippen LogP contribution in [0, 0.1) is 0 Å². The molecule has 0 fully saturated rings. The van der Waals surface area contributed by atoms with Crippen LogP contribution in [-0.2, 0) is 5.75 Å². The third-order valence-corrected chi connectivity index (χ3v) is 2.58. The van der Waals surface area contributed by atoms with Crippen LogP contribution in [0.2, 0.25) is 0 Å². The zero-order valence-electron chi connectivity index (χ0n) is 7.23. The van der Waals surface area contributed by atoms with Gasteiger partial charge in [-0.25, -0.2) is 4.79 Å². The fourth-order valence-corrected chi connectivity index (χ4v) is 1.67. The minimum Gasteiger partial charge on any atom is -0.422 e. The molecular formula is C10H8O2S2. The maximum absolute atomic E-state index is 11.3. The molecule has 0 amide bonds. The molecule has 2 rings (SSSR count). The maximum Gasteiger partial charge on any atom is 0.340 e. The second kappa shape index (κ2) is 3.71. The average molecular weight is 224 g/mol. The van der Waals surface area contributed by atoms with E-state index in [1.54, 1.807) is 12.1 Å². The van der Waals surface area contributed by atoms with Crippen molar-refractivity contribution >= 4 is 36.2 Å². The summed E-state index contributed by atoms with van der Waals surface area (Å²) in [6.07, 6.45) is 0. The molecule has 0 aliphatic rings. The molecule has 1 aromatic heterocycles. The number of rotatable bonds is 1. The first kappa shape index (κ1) is 9.68. The van der Waals surface area contributed by atoms with E-state index in [0.29, 0.717) is 16.9 Å². The average Bonchev–Trinajstić information content (AvgIpc) is 2.16. The largest absolute Gasteiger partial charge is 0.422 e. The summed E-state index contributed by atoms with van der Waals surface area (Å²) in [6.45, 7) is 0. The number of thiol groups is 2. The van der Waals surface area contributed by atoms with Gasteiger partial charge in [-0.3, -0.25) is 0 Å². The normalized spacial score (nSPS) is 10.7. The smallest absolute Gasteiger partial charge is 0.340 e. The Bertz CT molecular complexity index is 531. The molecule has 2 aromatic rings. The topological polar surface area (TPSA) is 30.2 Å². The van der Waals surface area contributed by atoms with Crippen LogP contribution in [-0.4, -0.2) is 0 Å². The predicted octanol–water partition coefficient (Wildman–Crippen LogP) is 2.51. The molecule has 4 heteroatoms. The highest BCUT2D eigenvalue weighted by Crippen LogP contribution is 2.17. The van der Waals surface area contributed by atoms with Gasteiger partial charge in [0.15, 0.2) is 0 Å². The van der Waals surface area contributed by atoms with Crippen molar-refractivity contribution in [2.45, 2.75) is 10.6 Å². The van der Waals surface area contributed by atoms with E-state index in [0.717, 1.165) is 10.3 Å². The predicted molar refractivity (Wildman–Crippen MR) is 62.4 cm³/mol. The van der Waals surface area contributed by atoms with Crippen LogP contribution in [0.1, 0.15) is 5.56 Å². The van der Waals surface area contributed by atoms with Gasteiger partial charge in [0.05, 0.1) is 0 Å². The number of hydrogen-bond donors (Lipinski definition) is 2. The highest BCUT2D eigenvalue weighted by molar-refractivity contribution is 7.80. The SMILES string of the molecule is O=c1oc2cc(S)ccc2cc1CS. The lowest BCUT2D eigenvalue weighted by atomic mass is 10.2. The summed E-state index contributed by atoms with van der Waals surface area (Å²) < 4.78 is 5.11. The van der Waals surface area contributed by atoms with E-state index in [-0.39, 0.29) is 5.63 Å². The monoisotopic (exact) mass is 224 g/mol. The van der Waals surface area contributed by atoms with Gasteiger partial charge in [-0.2, -0.15) is 12.6 Å². The standard InChI is InChI=1S/C10H8O2S2/c11-10-7(5-13)3-6-1-2-8(14)4-9(6)12-10/h1-4,13-14H,5H2. The molecule has 0 aliphatic carbocycles. The number of hydrogen-bond acceptors (Lipinski definition) is 4. The second-order valence-corrected chi connectivity index (χ2v) is 3.77. The Hall–Kier alpha value is -0.870. The van der Waals surface area contributed by atoms with Crippen LogP contribution in [0.5, 0.6) is 0 Å². The van der Waals surface area contributed by atoms with Crippen LogP contribution in [0.15, 0.2) is 38.4 Å². The van der Waals surface area contributed by atoms with E-state index < -0.39 is 0 Å². The van der Waals surface area contributed by atoms with Crippen LogP contribution in [0.4, 0.5) is 0 Å². The number of benzene rings is 1. The van der Waals surface area contributed by atoms with Crippen LogP contribution < -0.4 is 5.63 Å². The van der Waals surface area contributed by atoms with Crippen molar-refractivity contribution in [3.8, 4) is 0 Å². The van der Waals surface area contributed by atoms with Gasteiger partial charge in [0.1, 0.15) is 5.58 Å². The van der Waals surface area contributed by atoms with Gasteiger partial charge in [-0.15, -0.1) is 12.6 Å². The Morgan fingerprint density at radius 1 is 1.29 bits per heavy atom. The Morgan fingerprint density at radius 2 is 2.07 bits per heavy atom. The van der Waals surface area contributed by atoms with Gasteiger partial charge in [0.25, 0.3) is 0 Å². The lowest BCUT2D eigenvalue weighted by Crippen LogP contribution is -2.04. The molecule has 0 spiro atoms. The molecule has 0 saturated carbocycles. The van der Waals surface area contributed by atoms with Gasteiger partial charge >= 0.3 is 5.63 Å². The van der Waals surface area contributed by atoms with E-state index in [2.05, 4.69) is 25.3 Å². The molecular weight excluding hydrogens is 216 g/mol. The van der Waals surface area contributed by atoms with Gasteiger partial charge in [0, 0.05) is 21.6 Å². The van der Waals surface area contributed by atoms with Crippen molar-refractivity contribution < 1.29 is 4.42 Å². The number of fused-ring (bicyclic) bond motifs is 1. The molecule has 14 heavy (non-hydrogen) atoms. The van der Waals surface area contributed by atoms with E-state index in [1.165, 1.54) is 0 Å². The first-order valence-electron chi connectivity index (χ1n) is 4.07. The molecule has 0 radical (unpaired) electrons. The molecule has 72 valence electrons. The van der Waals surface area contributed by atoms with Crippen LogP contribution in [0.3, 0.4) is 0 Å². The highest BCUT2D eigenvalue weighted by Gasteiger charge is 2.03. The summed E-state index contributed by atoms with van der Waals surface area (Å²) in [5.74, 6) is 0.390. The highest BCUT2D eigenvalue weighted by atomic mass is 32.1. The minimum absolute atomic E-state index is 0.327. The van der Waals surface area contributed by atoms with Gasteiger partial charge < -0.3 is 4.42 Å².